The zero-order valence-corrected chi connectivity index (χ0v) is 10.5. The molecule has 0 saturated heterocycles. The summed E-state index contributed by atoms with van der Waals surface area (Å²) in [6.45, 7) is 1.83. The van der Waals surface area contributed by atoms with Crippen LogP contribution in [-0.4, -0.2) is 9.55 Å². The van der Waals surface area contributed by atoms with Gasteiger partial charge in [-0.3, -0.25) is 0 Å². The molecule has 2 rings (SSSR count). The number of rotatable bonds is 0. The second-order valence-corrected chi connectivity index (χ2v) is 4.61. The van der Waals surface area contributed by atoms with Crippen LogP contribution in [0.25, 0.3) is 11.0 Å². The monoisotopic (exact) mass is 324 g/mol. The number of nitrogens with zero attached hydrogens (tertiary/aromatic N) is 2. The largest absolute Gasteiger partial charge is 0.329 e. The van der Waals surface area contributed by atoms with Gasteiger partial charge in [-0.15, -0.1) is 0 Å². The van der Waals surface area contributed by atoms with Crippen LogP contribution >= 0.6 is 34.2 Å². The topological polar surface area (TPSA) is 17.8 Å². The lowest BCUT2D eigenvalue weighted by atomic mass is 10.3. The smallest absolute Gasteiger partial charge is 0.168 e. The number of halogens is 3. The fourth-order valence-electron chi connectivity index (χ4n) is 1.39. The van der Waals surface area contributed by atoms with Crippen LogP contribution in [0.1, 0.15) is 5.82 Å². The molecular formula is C9H7ClFIN2. The Balaban J connectivity index is 2.99. The molecule has 5 heteroatoms. The number of fused-ring (bicyclic) bond motifs is 1. The quantitative estimate of drug-likeness (QED) is 0.537. The summed E-state index contributed by atoms with van der Waals surface area (Å²) < 4.78 is 16.1. The molecule has 74 valence electrons. The molecule has 0 aliphatic carbocycles. The van der Waals surface area contributed by atoms with Crippen molar-refractivity contribution >= 4 is 45.2 Å². The maximum atomic E-state index is 13.7. The summed E-state index contributed by atoms with van der Waals surface area (Å²) >= 11 is 7.81. The first-order valence-electron chi connectivity index (χ1n) is 3.99. The summed E-state index contributed by atoms with van der Waals surface area (Å²) in [5, 5.41) is 0.168. The van der Waals surface area contributed by atoms with E-state index in [4.69, 9.17) is 11.6 Å². The molecule has 1 aromatic carbocycles. The van der Waals surface area contributed by atoms with Gasteiger partial charge in [0.1, 0.15) is 11.3 Å². The minimum Gasteiger partial charge on any atom is -0.329 e. The lowest BCUT2D eigenvalue weighted by Gasteiger charge is -2.01. The Morgan fingerprint density at radius 2 is 2.21 bits per heavy atom. The summed E-state index contributed by atoms with van der Waals surface area (Å²) in [5.74, 6) is 0.383. The van der Waals surface area contributed by atoms with Gasteiger partial charge >= 0.3 is 0 Å². The zero-order chi connectivity index (χ0) is 10.5. The highest BCUT2D eigenvalue weighted by molar-refractivity contribution is 14.1. The third kappa shape index (κ3) is 1.32. The Kier molecular flexibility index (Phi) is 2.43. The Bertz CT molecular complexity index is 521. The molecule has 2 aromatic rings. The lowest BCUT2D eigenvalue weighted by molar-refractivity contribution is 0.630. The van der Waals surface area contributed by atoms with Crippen LogP contribution < -0.4 is 0 Å². The Labute approximate surface area is 99.2 Å². The van der Waals surface area contributed by atoms with Gasteiger partial charge < -0.3 is 4.57 Å². The van der Waals surface area contributed by atoms with Crippen molar-refractivity contribution in [3.8, 4) is 0 Å². The molecule has 2 nitrogen and oxygen atoms in total. The third-order valence-corrected chi connectivity index (χ3v) is 3.76. The summed E-state index contributed by atoms with van der Waals surface area (Å²) in [6, 6.07) is 1.79. The van der Waals surface area contributed by atoms with Crippen molar-refractivity contribution in [3.63, 3.8) is 0 Å². The molecule has 0 atom stereocenters. The number of hydrogen-bond donors (Lipinski definition) is 0. The number of imidazole rings is 1. The van der Waals surface area contributed by atoms with Crippen LogP contribution in [0.5, 0.6) is 0 Å². The van der Waals surface area contributed by atoms with Gasteiger partial charge in [0, 0.05) is 10.6 Å². The normalized spacial score (nSPS) is 11.2. The third-order valence-electron chi connectivity index (χ3n) is 2.22. The molecule has 0 amide bonds. The molecule has 0 saturated carbocycles. The van der Waals surface area contributed by atoms with Gasteiger partial charge in [-0.05, 0) is 35.6 Å². The number of aromatic nitrogens is 2. The Hall–Kier alpha value is -0.360. The van der Waals surface area contributed by atoms with E-state index in [1.165, 1.54) is 0 Å². The molecule has 0 spiro atoms. The molecule has 1 aromatic heterocycles. The van der Waals surface area contributed by atoms with E-state index in [-0.39, 0.29) is 5.02 Å². The predicted molar refractivity (Wildman–Crippen MR) is 63.1 cm³/mol. The Morgan fingerprint density at radius 3 is 2.86 bits per heavy atom. The second kappa shape index (κ2) is 3.34. The first-order valence-corrected chi connectivity index (χ1v) is 5.44. The van der Waals surface area contributed by atoms with Crippen LogP contribution in [-0.2, 0) is 7.05 Å². The first kappa shape index (κ1) is 10.2. The van der Waals surface area contributed by atoms with E-state index in [9.17, 15) is 4.39 Å². The summed E-state index contributed by atoms with van der Waals surface area (Å²) in [4.78, 5) is 4.23. The van der Waals surface area contributed by atoms with Crippen molar-refractivity contribution in [3.05, 3.63) is 26.3 Å². The van der Waals surface area contributed by atoms with Gasteiger partial charge in [-0.25, -0.2) is 9.37 Å². The minimum atomic E-state index is -0.392. The van der Waals surface area contributed by atoms with Gasteiger partial charge in [-0.2, -0.15) is 0 Å². The average molecular weight is 325 g/mol. The van der Waals surface area contributed by atoms with E-state index in [2.05, 4.69) is 4.98 Å². The maximum absolute atomic E-state index is 13.7. The highest BCUT2D eigenvalue weighted by atomic mass is 127. The zero-order valence-electron chi connectivity index (χ0n) is 7.61. The number of benzene rings is 1. The standard InChI is InChI=1S/C9H7ClFIN2/c1-4-13-6-3-5(12)7(10)8(11)9(6)14(4)2/h3H,1-2H3. The van der Waals surface area contributed by atoms with E-state index < -0.39 is 5.82 Å². The van der Waals surface area contributed by atoms with Crippen LogP contribution in [0.2, 0.25) is 5.02 Å². The molecule has 0 unspecified atom stereocenters. The highest BCUT2D eigenvalue weighted by Gasteiger charge is 2.15. The molecule has 0 bridgehead atoms. The minimum absolute atomic E-state index is 0.168. The SMILES string of the molecule is Cc1nc2cc(I)c(Cl)c(F)c2n1C. The Morgan fingerprint density at radius 1 is 1.57 bits per heavy atom. The number of aryl methyl sites for hydroxylation is 2. The van der Waals surface area contributed by atoms with Crippen LogP contribution in [0.15, 0.2) is 6.07 Å². The summed E-state index contributed by atoms with van der Waals surface area (Å²) in [7, 11) is 1.77. The average Bonchev–Trinajstić information content (AvgIpc) is 2.39. The number of hydrogen-bond acceptors (Lipinski definition) is 1. The van der Waals surface area contributed by atoms with E-state index in [0.29, 0.717) is 14.6 Å². The molecule has 1 heterocycles. The molecule has 0 aliphatic heterocycles. The summed E-state index contributed by atoms with van der Waals surface area (Å²) in [6.07, 6.45) is 0. The van der Waals surface area contributed by atoms with Gasteiger partial charge in [0.05, 0.1) is 10.5 Å². The highest BCUT2D eigenvalue weighted by Crippen LogP contribution is 2.29. The van der Waals surface area contributed by atoms with Crippen molar-refractivity contribution in [1.29, 1.82) is 0 Å². The summed E-state index contributed by atoms with van der Waals surface area (Å²) in [5.41, 5.74) is 1.12. The van der Waals surface area contributed by atoms with Gasteiger partial charge in [0.15, 0.2) is 5.82 Å². The van der Waals surface area contributed by atoms with Crippen molar-refractivity contribution in [2.24, 2.45) is 7.05 Å². The van der Waals surface area contributed by atoms with E-state index in [1.807, 2.05) is 29.5 Å². The molecule has 14 heavy (non-hydrogen) atoms. The molecular weight excluding hydrogens is 317 g/mol. The van der Waals surface area contributed by atoms with Crippen molar-refractivity contribution in [1.82, 2.24) is 9.55 Å². The van der Waals surface area contributed by atoms with Crippen LogP contribution in [0.4, 0.5) is 4.39 Å². The van der Waals surface area contributed by atoms with Crippen molar-refractivity contribution < 1.29 is 4.39 Å². The van der Waals surface area contributed by atoms with Crippen molar-refractivity contribution in [2.75, 3.05) is 0 Å². The molecule has 0 aliphatic rings. The fraction of sp³-hybridized carbons (Fsp3) is 0.222. The van der Waals surface area contributed by atoms with Crippen LogP contribution in [0, 0.1) is 16.3 Å². The van der Waals surface area contributed by atoms with Crippen LogP contribution in [0.3, 0.4) is 0 Å². The first-order chi connectivity index (χ1) is 6.52. The van der Waals surface area contributed by atoms with Gasteiger partial charge in [-0.1, -0.05) is 11.6 Å². The van der Waals surface area contributed by atoms with Crippen molar-refractivity contribution in [2.45, 2.75) is 6.92 Å². The molecule has 0 N–H and O–H groups in total. The van der Waals surface area contributed by atoms with Gasteiger partial charge in [0.25, 0.3) is 0 Å². The molecule has 0 fully saturated rings. The van der Waals surface area contributed by atoms with E-state index in [1.54, 1.807) is 17.7 Å². The fourth-order valence-corrected chi connectivity index (χ4v) is 2.06. The molecule has 0 radical (unpaired) electrons. The predicted octanol–water partition coefficient (Wildman–Crippen LogP) is 3.28. The van der Waals surface area contributed by atoms with E-state index in [0.717, 1.165) is 5.82 Å². The van der Waals surface area contributed by atoms with Gasteiger partial charge in [0.2, 0.25) is 0 Å². The lowest BCUT2D eigenvalue weighted by Crippen LogP contribution is -1.94. The maximum Gasteiger partial charge on any atom is 0.168 e. The van der Waals surface area contributed by atoms with E-state index >= 15 is 0 Å². The second-order valence-electron chi connectivity index (χ2n) is 3.07.